The lowest BCUT2D eigenvalue weighted by atomic mass is 9.74. The molecule has 1 aliphatic heterocycles. The van der Waals surface area contributed by atoms with Crippen molar-refractivity contribution >= 4 is 11.7 Å². The number of amides is 2. The van der Waals surface area contributed by atoms with Crippen molar-refractivity contribution in [2.75, 3.05) is 32.2 Å². The van der Waals surface area contributed by atoms with Gasteiger partial charge in [-0.1, -0.05) is 12.1 Å². The van der Waals surface area contributed by atoms with Crippen LogP contribution in [0.4, 0.5) is 14.9 Å². The largest absolute Gasteiger partial charge is 0.497 e. The molecule has 0 saturated carbocycles. The van der Waals surface area contributed by atoms with E-state index in [4.69, 9.17) is 9.47 Å². The number of anilines is 1. The molecule has 1 heterocycles. The van der Waals surface area contributed by atoms with E-state index < -0.39 is 0 Å². The Hall–Kier alpha value is -2.60. The summed E-state index contributed by atoms with van der Waals surface area (Å²) in [5.74, 6) is 0.467. The summed E-state index contributed by atoms with van der Waals surface area (Å²) in [6.45, 7) is 1.82. The monoisotopic (exact) mass is 358 g/mol. The number of ether oxygens (including phenoxy) is 2. The van der Waals surface area contributed by atoms with Crippen LogP contribution in [0.5, 0.6) is 5.75 Å². The lowest BCUT2D eigenvalue weighted by Crippen LogP contribution is -2.45. The second kappa shape index (κ2) is 8.19. The number of benzene rings is 2. The smallest absolute Gasteiger partial charge is 0.319 e. The number of urea groups is 1. The first-order valence-electron chi connectivity index (χ1n) is 8.64. The van der Waals surface area contributed by atoms with Gasteiger partial charge in [-0.05, 0) is 54.8 Å². The maximum Gasteiger partial charge on any atom is 0.319 e. The van der Waals surface area contributed by atoms with Crippen molar-refractivity contribution in [3.63, 3.8) is 0 Å². The van der Waals surface area contributed by atoms with E-state index in [1.807, 2.05) is 24.3 Å². The first-order chi connectivity index (χ1) is 12.6. The van der Waals surface area contributed by atoms with Crippen molar-refractivity contribution in [3.8, 4) is 5.75 Å². The van der Waals surface area contributed by atoms with E-state index in [2.05, 4.69) is 10.6 Å². The Morgan fingerprint density at radius 1 is 1.12 bits per heavy atom. The SMILES string of the molecule is COc1ccc(C2(CNC(=O)Nc3ccc(F)cc3)CCOCC2)cc1. The Balaban J connectivity index is 1.67. The molecule has 138 valence electrons. The topological polar surface area (TPSA) is 59.6 Å². The van der Waals surface area contributed by atoms with Gasteiger partial charge in [0.25, 0.3) is 0 Å². The molecule has 1 aliphatic rings. The summed E-state index contributed by atoms with van der Waals surface area (Å²) >= 11 is 0. The summed E-state index contributed by atoms with van der Waals surface area (Å²) < 4.78 is 23.7. The molecule has 3 rings (SSSR count). The third-order valence-corrected chi connectivity index (χ3v) is 4.84. The molecule has 2 N–H and O–H groups in total. The summed E-state index contributed by atoms with van der Waals surface area (Å²) in [6.07, 6.45) is 1.66. The van der Waals surface area contributed by atoms with Crippen molar-refractivity contribution in [2.45, 2.75) is 18.3 Å². The molecule has 0 spiro atoms. The fourth-order valence-electron chi connectivity index (χ4n) is 3.23. The number of carbonyl (C=O) groups excluding carboxylic acids is 1. The van der Waals surface area contributed by atoms with Crippen molar-refractivity contribution in [3.05, 3.63) is 59.9 Å². The van der Waals surface area contributed by atoms with Gasteiger partial charge in [-0.3, -0.25) is 0 Å². The van der Waals surface area contributed by atoms with E-state index in [9.17, 15) is 9.18 Å². The summed E-state index contributed by atoms with van der Waals surface area (Å²) in [5, 5.41) is 5.68. The second-order valence-corrected chi connectivity index (χ2v) is 6.44. The van der Waals surface area contributed by atoms with Gasteiger partial charge in [-0.25, -0.2) is 9.18 Å². The molecular formula is C20H23FN2O3. The molecule has 0 radical (unpaired) electrons. The molecule has 2 aromatic rings. The summed E-state index contributed by atoms with van der Waals surface area (Å²) in [4.78, 5) is 12.2. The zero-order valence-corrected chi connectivity index (χ0v) is 14.8. The molecule has 2 amide bonds. The molecule has 2 aromatic carbocycles. The highest BCUT2D eigenvalue weighted by Crippen LogP contribution is 2.35. The highest BCUT2D eigenvalue weighted by molar-refractivity contribution is 5.89. The zero-order chi connectivity index (χ0) is 18.4. The maximum absolute atomic E-state index is 13.0. The number of nitrogens with one attached hydrogen (secondary N) is 2. The quantitative estimate of drug-likeness (QED) is 0.857. The molecule has 1 fully saturated rings. The molecule has 26 heavy (non-hydrogen) atoms. The van der Waals surface area contributed by atoms with Crippen LogP contribution in [0.15, 0.2) is 48.5 Å². The average Bonchev–Trinajstić information content (AvgIpc) is 2.69. The summed E-state index contributed by atoms with van der Waals surface area (Å²) in [5.41, 5.74) is 1.53. The minimum Gasteiger partial charge on any atom is -0.497 e. The Labute approximate surface area is 152 Å². The molecule has 0 bridgehead atoms. The minimum absolute atomic E-state index is 0.176. The first-order valence-corrected chi connectivity index (χ1v) is 8.64. The molecule has 0 aliphatic carbocycles. The third kappa shape index (κ3) is 4.32. The lowest BCUT2D eigenvalue weighted by molar-refractivity contribution is 0.0508. The Bertz CT molecular complexity index is 726. The number of halogens is 1. The van der Waals surface area contributed by atoms with Crippen molar-refractivity contribution < 1.29 is 18.7 Å². The van der Waals surface area contributed by atoms with E-state index in [1.54, 1.807) is 7.11 Å². The van der Waals surface area contributed by atoms with Gasteiger partial charge >= 0.3 is 6.03 Å². The van der Waals surface area contributed by atoms with Crippen LogP contribution in [0.1, 0.15) is 18.4 Å². The van der Waals surface area contributed by atoms with E-state index in [0.29, 0.717) is 25.4 Å². The standard InChI is InChI=1S/C20H23FN2O3/c1-25-18-8-2-15(3-9-18)20(10-12-26-13-11-20)14-22-19(24)23-17-6-4-16(21)5-7-17/h2-9H,10-14H2,1H3,(H2,22,23,24). The molecule has 5 nitrogen and oxygen atoms in total. The number of hydrogen-bond donors (Lipinski definition) is 2. The fourth-order valence-corrected chi connectivity index (χ4v) is 3.23. The maximum atomic E-state index is 13.0. The number of carbonyl (C=O) groups is 1. The zero-order valence-electron chi connectivity index (χ0n) is 14.8. The van der Waals surface area contributed by atoms with Crippen LogP contribution < -0.4 is 15.4 Å². The number of rotatable bonds is 5. The Kier molecular flexibility index (Phi) is 5.73. The second-order valence-electron chi connectivity index (χ2n) is 6.44. The molecule has 0 atom stereocenters. The van der Waals surface area contributed by atoms with Gasteiger partial charge in [-0.2, -0.15) is 0 Å². The highest BCUT2D eigenvalue weighted by Gasteiger charge is 2.34. The molecule has 1 saturated heterocycles. The van der Waals surface area contributed by atoms with Crippen LogP contribution in [0.2, 0.25) is 0 Å². The Morgan fingerprint density at radius 3 is 2.38 bits per heavy atom. The van der Waals surface area contributed by atoms with Crippen LogP contribution in [-0.2, 0) is 10.2 Å². The van der Waals surface area contributed by atoms with Gasteiger partial charge in [-0.15, -0.1) is 0 Å². The van der Waals surface area contributed by atoms with Gasteiger partial charge in [0.15, 0.2) is 0 Å². The van der Waals surface area contributed by atoms with E-state index in [-0.39, 0.29) is 17.3 Å². The van der Waals surface area contributed by atoms with Crippen LogP contribution in [0, 0.1) is 5.82 Å². The molecule has 0 aromatic heterocycles. The van der Waals surface area contributed by atoms with Gasteiger partial charge in [0.1, 0.15) is 11.6 Å². The predicted octanol–water partition coefficient (Wildman–Crippen LogP) is 3.70. The van der Waals surface area contributed by atoms with E-state index in [1.165, 1.54) is 24.3 Å². The summed E-state index contributed by atoms with van der Waals surface area (Å²) in [7, 11) is 1.64. The average molecular weight is 358 g/mol. The van der Waals surface area contributed by atoms with E-state index in [0.717, 1.165) is 24.2 Å². The van der Waals surface area contributed by atoms with Crippen LogP contribution in [-0.4, -0.2) is 32.9 Å². The minimum atomic E-state index is -0.336. The van der Waals surface area contributed by atoms with Gasteiger partial charge in [0.2, 0.25) is 0 Å². The predicted molar refractivity (Wildman–Crippen MR) is 98.1 cm³/mol. The molecule has 0 unspecified atom stereocenters. The highest BCUT2D eigenvalue weighted by atomic mass is 19.1. The van der Waals surface area contributed by atoms with Crippen LogP contribution in [0.3, 0.4) is 0 Å². The molecule has 6 heteroatoms. The first kappa shape index (κ1) is 18.2. The van der Waals surface area contributed by atoms with Crippen molar-refractivity contribution in [1.29, 1.82) is 0 Å². The number of methoxy groups -OCH3 is 1. The fraction of sp³-hybridized carbons (Fsp3) is 0.350. The molecular weight excluding hydrogens is 335 g/mol. The normalized spacial score (nSPS) is 15.9. The van der Waals surface area contributed by atoms with Crippen molar-refractivity contribution in [1.82, 2.24) is 5.32 Å². The Morgan fingerprint density at radius 2 is 1.77 bits per heavy atom. The van der Waals surface area contributed by atoms with Crippen LogP contribution in [0.25, 0.3) is 0 Å². The van der Waals surface area contributed by atoms with Gasteiger partial charge in [0, 0.05) is 30.9 Å². The van der Waals surface area contributed by atoms with Crippen LogP contribution >= 0.6 is 0 Å². The summed E-state index contributed by atoms with van der Waals surface area (Å²) in [6, 6.07) is 13.3. The number of hydrogen-bond acceptors (Lipinski definition) is 3. The van der Waals surface area contributed by atoms with Gasteiger partial charge in [0.05, 0.1) is 7.11 Å². The van der Waals surface area contributed by atoms with E-state index >= 15 is 0 Å². The van der Waals surface area contributed by atoms with Gasteiger partial charge < -0.3 is 20.1 Å². The third-order valence-electron chi connectivity index (χ3n) is 4.84. The van der Waals surface area contributed by atoms with Crippen molar-refractivity contribution in [2.24, 2.45) is 0 Å². The lowest BCUT2D eigenvalue weighted by Gasteiger charge is -2.38.